The number of nitrogens with zero attached hydrogens (tertiary/aromatic N) is 4. The van der Waals surface area contributed by atoms with E-state index in [1.807, 2.05) is 36.4 Å². The number of hydrogen-bond donors (Lipinski definition) is 1. The van der Waals surface area contributed by atoms with Crippen LogP contribution in [-0.4, -0.2) is 53.8 Å². The van der Waals surface area contributed by atoms with Crippen LogP contribution in [0.3, 0.4) is 0 Å². The summed E-state index contributed by atoms with van der Waals surface area (Å²) in [6.07, 6.45) is 0. The van der Waals surface area contributed by atoms with Crippen LogP contribution in [-0.2, 0) is 0 Å². The number of para-hydroxylation sites is 3. The first-order chi connectivity index (χ1) is 14.9. The lowest BCUT2D eigenvalue weighted by molar-refractivity contribution is 0.101. The van der Waals surface area contributed by atoms with Gasteiger partial charge in [-0.05, 0) is 38.2 Å². The first-order valence-corrected chi connectivity index (χ1v) is 10.5. The highest BCUT2D eigenvalue weighted by Gasteiger charge is 2.20. The van der Waals surface area contributed by atoms with E-state index >= 15 is 0 Å². The molecule has 2 heterocycles. The number of hydrogen-bond acceptors (Lipinski definition) is 5. The smallest absolute Gasteiger partial charge is 0.280 e. The topological polar surface area (TPSA) is 70.5 Å². The highest BCUT2D eigenvalue weighted by molar-refractivity contribution is 6.32. The van der Waals surface area contributed by atoms with E-state index < -0.39 is 11.3 Å². The van der Waals surface area contributed by atoms with Gasteiger partial charge in [0, 0.05) is 37.9 Å². The Balaban J connectivity index is 1.65. The summed E-state index contributed by atoms with van der Waals surface area (Å²) in [5.74, 6) is -0.549. The van der Waals surface area contributed by atoms with Gasteiger partial charge in [0.15, 0.2) is 5.69 Å². The third kappa shape index (κ3) is 4.47. The van der Waals surface area contributed by atoms with E-state index in [0.717, 1.165) is 31.9 Å². The van der Waals surface area contributed by atoms with Gasteiger partial charge in [0.05, 0.1) is 22.1 Å². The molecule has 1 aliphatic rings. The van der Waals surface area contributed by atoms with Gasteiger partial charge in [-0.25, -0.2) is 4.68 Å². The van der Waals surface area contributed by atoms with E-state index in [-0.39, 0.29) is 5.69 Å². The van der Waals surface area contributed by atoms with E-state index in [0.29, 0.717) is 22.1 Å². The molecule has 160 valence electrons. The highest BCUT2D eigenvalue weighted by Crippen LogP contribution is 2.27. The normalized spacial score (nSPS) is 14.5. The summed E-state index contributed by atoms with van der Waals surface area (Å²) in [6, 6.07) is 16.2. The first kappa shape index (κ1) is 21.1. The van der Waals surface area contributed by atoms with Gasteiger partial charge in [0.25, 0.3) is 5.91 Å². The molecule has 1 aliphatic heterocycles. The Labute approximate surface area is 185 Å². The fourth-order valence-corrected chi connectivity index (χ4v) is 3.87. The lowest BCUT2D eigenvalue weighted by Gasteiger charge is -2.35. The maximum absolute atomic E-state index is 13.1. The Morgan fingerprint density at radius 1 is 1.00 bits per heavy atom. The monoisotopic (exact) mass is 437 g/mol. The Morgan fingerprint density at radius 3 is 2.35 bits per heavy atom. The fourth-order valence-electron chi connectivity index (χ4n) is 3.66. The number of amides is 1. The molecule has 3 aromatic rings. The van der Waals surface area contributed by atoms with Crippen molar-refractivity contribution in [2.24, 2.45) is 0 Å². The molecule has 0 atom stereocenters. The zero-order chi connectivity index (χ0) is 22.0. The zero-order valence-electron chi connectivity index (χ0n) is 17.5. The van der Waals surface area contributed by atoms with E-state index in [1.54, 1.807) is 19.1 Å². The highest BCUT2D eigenvalue weighted by atomic mass is 35.5. The summed E-state index contributed by atoms with van der Waals surface area (Å²) in [5, 5.41) is 7.70. The standard InChI is InChI=1S/C23H24ClN5O2/c1-16-15-21(30)22(26-29(16)19-9-5-3-7-17(19)24)23(31)25-18-8-4-6-10-20(18)28-13-11-27(2)12-14-28/h3-10,15H,11-14H2,1-2H3,(H,25,31). The summed E-state index contributed by atoms with van der Waals surface area (Å²) in [4.78, 5) is 30.1. The Kier molecular flexibility index (Phi) is 6.06. The predicted molar refractivity (Wildman–Crippen MR) is 124 cm³/mol. The molecule has 0 bridgehead atoms. The van der Waals surface area contributed by atoms with Crippen LogP contribution in [0.2, 0.25) is 5.02 Å². The summed E-state index contributed by atoms with van der Waals surface area (Å²) in [6.45, 7) is 5.38. The Bertz CT molecular complexity index is 1170. The number of anilines is 2. The quantitative estimate of drug-likeness (QED) is 0.678. The fraction of sp³-hybridized carbons (Fsp3) is 0.261. The van der Waals surface area contributed by atoms with Crippen molar-refractivity contribution in [1.82, 2.24) is 14.7 Å². The molecular weight excluding hydrogens is 414 g/mol. The molecule has 0 saturated carbocycles. The van der Waals surface area contributed by atoms with Gasteiger partial charge in [-0.3, -0.25) is 9.59 Å². The van der Waals surface area contributed by atoms with E-state index in [9.17, 15) is 9.59 Å². The molecule has 0 unspecified atom stereocenters. The van der Waals surface area contributed by atoms with Crippen molar-refractivity contribution in [2.45, 2.75) is 6.92 Å². The molecule has 8 heteroatoms. The van der Waals surface area contributed by atoms with E-state index in [2.05, 4.69) is 27.3 Å². The van der Waals surface area contributed by atoms with Gasteiger partial charge in [-0.2, -0.15) is 5.10 Å². The second kappa shape index (κ2) is 8.91. The van der Waals surface area contributed by atoms with Crippen molar-refractivity contribution < 1.29 is 4.79 Å². The van der Waals surface area contributed by atoms with Crippen molar-refractivity contribution in [3.63, 3.8) is 0 Å². The van der Waals surface area contributed by atoms with Crippen molar-refractivity contribution in [1.29, 1.82) is 0 Å². The summed E-state index contributed by atoms with van der Waals surface area (Å²) >= 11 is 6.30. The second-order valence-corrected chi connectivity index (χ2v) is 8.03. The van der Waals surface area contributed by atoms with Gasteiger partial charge in [0.1, 0.15) is 0 Å². The van der Waals surface area contributed by atoms with Crippen LogP contribution in [0.25, 0.3) is 5.69 Å². The number of carbonyl (C=O) groups excluding carboxylic acids is 1. The van der Waals surface area contributed by atoms with Crippen LogP contribution in [0.5, 0.6) is 0 Å². The molecule has 1 saturated heterocycles. The minimum Gasteiger partial charge on any atom is -0.367 e. The summed E-state index contributed by atoms with van der Waals surface area (Å²) in [5.41, 5.74) is 2.17. The van der Waals surface area contributed by atoms with Crippen LogP contribution in [0.4, 0.5) is 11.4 Å². The number of benzene rings is 2. The minimum absolute atomic E-state index is 0.182. The number of aromatic nitrogens is 2. The van der Waals surface area contributed by atoms with E-state index in [4.69, 9.17) is 11.6 Å². The molecule has 0 spiro atoms. The molecule has 1 amide bonds. The molecule has 31 heavy (non-hydrogen) atoms. The average molecular weight is 438 g/mol. The predicted octanol–water partition coefficient (Wildman–Crippen LogP) is 3.20. The third-order valence-electron chi connectivity index (χ3n) is 5.40. The molecule has 7 nitrogen and oxygen atoms in total. The lowest BCUT2D eigenvalue weighted by Crippen LogP contribution is -2.44. The molecule has 1 N–H and O–H groups in total. The number of piperazine rings is 1. The Morgan fingerprint density at radius 2 is 1.65 bits per heavy atom. The van der Waals surface area contributed by atoms with Crippen LogP contribution in [0.1, 0.15) is 16.2 Å². The number of aryl methyl sites for hydroxylation is 1. The van der Waals surface area contributed by atoms with E-state index in [1.165, 1.54) is 10.7 Å². The number of carbonyl (C=O) groups is 1. The van der Waals surface area contributed by atoms with Gasteiger partial charge in [-0.15, -0.1) is 0 Å². The number of halogens is 1. The number of nitrogens with one attached hydrogen (secondary N) is 1. The maximum atomic E-state index is 13.1. The van der Waals surface area contributed by atoms with Crippen LogP contribution < -0.4 is 15.6 Å². The zero-order valence-corrected chi connectivity index (χ0v) is 18.3. The van der Waals surface area contributed by atoms with Crippen molar-refractivity contribution >= 4 is 28.9 Å². The maximum Gasteiger partial charge on any atom is 0.280 e. The number of rotatable bonds is 4. The molecule has 2 aromatic carbocycles. The van der Waals surface area contributed by atoms with Crippen molar-refractivity contribution in [3.05, 3.63) is 81.2 Å². The summed E-state index contributed by atoms with van der Waals surface area (Å²) in [7, 11) is 2.10. The van der Waals surface area contributed by atoms with Gasteiger partial charge >= 0.3 is 0 Å². The Hall–Kier alpha value is -3.16. The SMILES string of the molecule is Cc1cc(=O)c(C(=O)Nc2ccccc2N2CCN(C)CC2)nn1-c1ccccc1Cl. The molecular formula is C23H24ClN5O2. The molecule has 0 aliphatic carbocycles. The van der Waals surface area contributed by atoms with Crippen LogP contribution in [0, 0.1) is 6.92 Å². The van der Waals surface area contributed by atoms with Crippen molar-refractivity contribution in [3.8, 4) is 5.69 Å². The largest absolute Gasteiger partial charge is 0.367 e. The third-order valence-corrected chi connectivity index (χ3v) is 5.72. The van der Waals surface area contributed by atoms with Crippen molar-refractivity contribution in [2.75, 3.05) is 43.4 Å². The number of likely N-dealkylation sites (N-methyl/N-ethyl adjacent to an activating group) is 1. The molecule has 1 fully saturated rings. The lowest BCUT2D eigenvalue weighted by atomic mass is 10.2. The summed E-state index contributed by atoms with van der Waals surface area (Å²) < 4.78 is 1.52. The van der Waals surface area contributed by atoms with Gasteiger partial charge in [-0.1, -0.05) is 35.9 Å². The van der Waals surface area contributed by atoms with Gasteiger partial charge in [0.2, 0.25) is 5.43 Å². The van der Waals surface area contributed by atoms with Gasteiger partial charge < -0.3 is 15.1 Å². The molecule has 4 rings (SSSR count). The first-order valence-electron chi connectivity index (χ1n) is 10.1. The minimum atomic E-state index is -0.549. The molecule has 1 aromatic heterocycles. The second-order valence-electron chi connectivity index (χ2n) is 7.62. The molecule has 0 radical (unpaired) electrons. The van der Waals surface area contributed by atoms with Crippen LogP contribution in [0.15, 0.2) is 59.4 Å². The van der Waals surface area contributed by atoms with Crippen LogP contribution >= 0.6 is 11.6 Å². The average Bonchev–Trinajstić information content (AvgIpc) is 2.75.